The molecule has 10 heteroatoms. The van der Waals surface area contributed by atoms with Crippen molar-refractivity contribution in [1.29, 1.82) is 0 Å². The number of ether oxygens (including phenoxy) is 1. The summed E-state index contributed by atoms with van der Waals surface area (Å²) in [6.45, 7) is 0.628. The number of methoxy groups -OCH3 is 1. The summed E-state index contributed by atoms with van der Waals surface area (Å²) < 4.78 is 33.1. The standard InChI is InChI=1S/C21H25N3O6S/c1-30-21(27)16-9-10-20(26)23(14-16)15-19(25)22-17-7-6-8-18(13-17)31(28,29)24-11-4-2-3-5-12-24/h6-10,13-14H,2-5,11-12,15H2,1H3,(H,22,25). The van der Waals surface area contributed by atoms with Gasteiger partial charge in [-0.2, -0.15) is 4.31 Å². The maximum Gasteiger partial charge on any atom is 0.339 e. The molecule has 0 atom stereocenters. The number of hydrogen-bond donors (Lipinski definition) is 1. The Kier molecular flexibility index (Phi) is 7.24. The van der Waals surface area contributed by atoms with E-state index < -0.39 is 27.5 Å². The Labute approximate surface area is 180 Å². The average Bonchev–Trinajstić information content (AvgIpc) is 3.05. The molecule has 1 aromatic heterocycles. The number of amides is 1. The van der Waals surface area contributed by atoms with E-state index in [9.17, 15) is 22.8 Å². The Hall–Kier alpha value is -2.98. The van der Waals surface area contributed by atoms with Crippen LogP contribution in [0, 0.1) is 0 Å². The topological polar surface area (TPSA) is 115 Å². The number of aromatic nitrogens is 1. The summed E-state index contributed by atoms with van der Waals surface area (Å²) in [4.78, 5) is 36.2. The lowest BCUT2D eigenvalue weighted by Gasteiger charge is -2.20. The van der Waals surface area contributed by atoms with Crippen LogP contribution in [0.3, 0.4) is 0 Å². The van der Waals surface area contributed by atoms with Crippen LogP contribution in [0.1, 0.15) is 36.0 Å². The molecule has 1 aromatic carbocycles. The smallest absolute Gasteiger partial charge is 0.339 e. The zero-order valence-corrected chi connectivity index (χ0v) is 18.1. The van der Waals surface area contributed by atoms with Crippen molar-refractivity contribution in [1.82, 2.24) is 8.87 Å². The minimum absolute atomic E-state index is 0.108. The van der Waals surface area contributed by atoms with E-state index in [4.69, 9.17) is 0 Å². The quantitative estimate of drug-likeness (QED) is 0.676. The van der Waals surface area contributed by atoms with E-state index in [0.29, 0.717) is 18.8 Å². The summed E-state index contributed by atoms with van der Waals surface area (Å²) in [7, 11) is -2.43. The van der Waals surface area contributed by atoms with Crippen molar-refractivity contribution in [3.05, 3.63) is 58.5 Å². The molecule has 1 aliphatic heterocycles. The van der Waals surface area contributed by atoms with Crippen LogP contribution >= 0.6 is 0 Å². The number of benzene rings is 1. The SMILES string of the molecule is COC(=O)c1ccc(=O)n(CC(=O)Nc2cccc(S(=O)(=O)N3CCCCCC3)c2)c1. The van der Waals surface area contributed by atoms with E-state index in [-0.39, 0.29) is 17.0 Å². The molecule has 0 bridgehead atoms. The Balaban J connectivity index is 1.74. The molecule has 2 heterocycles. The number of anilines is 1. The maximum atomic E-state index is 13.0. The molecular weight excluding hydrogens is 422 g/mol. The molecule has 1 aliphatic rings. The fourth-order valence-corrected chi connectivity index (χ4v) is 4.98. The number of carbonyl (C=O) groups is 2. The van der Waals surface area contributed by atoms with Crippen LogP contribution in [-0.4, -0.2) is 49.4 Å². The van der Waals surface area contributed by atoms with Crippen LogP contribution in [0.5, 0.6) is 0 Å². The molecule has 0 aliphatic carbocycles. The number of esters is 1. The van der Waals surface area contributed by atoms with E-state index in [1.165, 1.54) is 41.9 Å². The lowest BCUT2D eigenvalue weighted by Crippen LogP contribution is -2.32. The van der Waals surface area contributed by atoms with Crippen molar-refractivity contribution >= 4 is 27.6 Å². The highest BCUT2D eigenvalue weighted by molar-refractivity contribution is 7.89. The van der Waals surface area contributed by atoms with E-state index in [1.807, 2.05) is 0 Å². The summed E-state index contributed by atoms with van der Waals surface area (Å²) in [5, 5.41) is 2.61. The lowest BCUT2D eigenvalue weighted by molar-refractivity contribution is -0.116. The van der Waals surface area contributed by atoms with Gasteiger partial charge in [0.1, 0.15) is 6.54 Å². The first kappa shape index (κ1) is 22.7. The summed E-state index contributed by atoms with van der Waals surface area (Å²) in [6.07, 6.45) is 4.93. The van der Waals surface area contributed by atoms with Crippen molar-refractivity contribution < 1.29 is 22.7 Å². The zero-order chi connectivity index (χ0) is 22.4. The third-order valence-electron chi connectivity index (χ3n) is 5.04. The predicted octanol–water partition coefficient (Wildman–Crippen LogP) is 1.84. The third-order valence-corrected chi connectivity index (χ3v) is 6.93. The van der Waals surface area contributed by atoms with Crippen molar-refractivity contribution in [3.8, 4) is 0 Å². The number of carbonyl (C=O) groups excluding carboxylic acids is 2. The molecule has 31 heavy (non-hydrogen) atoms. The number of pyridine rings is 1. The average molecular weight is 448 g/mol. The molecule has 1 saturated heterocycles. The van der Waals surface area contributed by atoms with Crippen LogP contribution in [0.15, 0.2) is 52.3 Å². The largest absolute Gasteiger partial charge is 0.465 e. The summed E-state index contributed by atoms with van der Waals surface area (Å²) >= 11 is 0. The number of nitrogens with zero attached hydrogens (tertiary/aromatic N) is 2. The Morgan fingerprint density at radius 2 is 1.77 bits per heavy atom. The lowest BCUT2D eigenvalue weighted by atomic mass is 10.2. The fourth-order valence-electron chi connectivity index (χ4n) is 3.41. The number of hydrogen-bond acceptors (Lipinski definition) is 6. The Morgan fingerprint density at radius 3 is 2.45 bits per heavy atom. The molecule has 2 aromatic rings. The molecule has 0 spiro atoms. The van der Waals surface area contributed by atoms with Gasteiger partial charge >= 0.3 is 5.97 Å². The van der Waals surface area contributed by atoms with Crippen molar-refractivity contribution in [3.63, 3.8) is 0 Å². The van der Waals surface area contributed by atoms with E-state index in [0.717, 1.165) is 30.3 Å². The highest BCUT2D eigenvalue weighted by atomic mass is 32.2. The zero-order valence-electron chi connectivity index (χ0n) is 17.2. The second-order valence-electron chi connectivity index (χ2n) is 7.27. The van der Waals surface area contributed by atoms with Crippen LogP contribution in [0.2, 0.25) is 0 Å². The minimum atomic E-state index is -3.65. The van der Waals surface area contributed by atoms with Gasteiger partial charge < -0.3 is 14.6 Å². The maximum absolute atomic E-state index is 13.0. The van der Waals surface area contributed by atoms with Crippen LogP contribution in [-0.2, 0) is 26.1 Å². The first-order chi connectivity index (χ1) is 14.8. The van der Waals surface area contributed by atoms with Crippen molar-refractivity contribution in [2.75, 3.05) is 25.5 Å². The van der Waals surface area contributed by atoms with Crippen molar-refractivity contribution in [2.24, 2.45) is 0 Å². The van der Waals surface area contributed by atoms with Gasteiger partial charge in [0.25, 0.3) is 5.56 Å². The van der Waals surface area contributed by atoms with Gasteiger partial charge in [-0.05, 0) is 37.1 Å². The van der Waals surface area contributed by atoms with E-state index >= 15 is 0 Å². The second kappa shape index (κ2) is 9.88. The van der Waals surface area contributed by atoms with Gasteiger partial charge in [-0.15, -0.1) is 0 Å². The molecule has 1 amide bonds. The summed E-state index contributed by atoms with van der Waals surface area (Å²) in [6, 6.07) is 8.54. The summed E-state index contributed by atoms with van der Waals surface area (Å²) in [5.41, 5.74) is -0.0150. The van der Waals surface area contributed by atoms with Gasteiger partial charge in [-0.3, -0.25) is 9.59 Å². The molecule has 1 fully saturated rings. The first-order valence-corrected chi connectivity index (χ1v) is 11.4. The number of rotatable bonds is 6. The van der Waals surface area contributed by atoms with Gasteiger partial charge in [-0.1, -0.05) is 18.9 Å². The Morgan fingerprint density at radius 1 is 1.06 bits per heavy atom. The first-order valence-electron chi connectivity index (χ1n) is 10.00. The van der Waals surface area contributed by atoms with Crippen LogP contribution in [0.4, 0.5) is 5.69 Å². The molecule has 0 saturated carbocycles. The van der Waals surface area contributed by atoms with E-state index in [1.54, 1.807) is 12.1 Å². The molecule has 9 nitrogen and oxygen atoms in total. The van der Waals surface area contributed by atoms with Gasteiger partial charge in [0, 0.05) is 31.0 Å². The molecule has 166 valence electrons. The number of sulfonamides is 1. The number of nitrogens with one attached hydrogen (secondary N) is 1. The van der Waals surface area contributed by atoms with Crippen LogP contribution < -0.4 is 10.9 Å². The molecule has 3 rings (SSSR count). The second-order valence-corrected chi connectivity index (χ2v) is 9.21. The van der Waals surface area contributed by atoms with Crippen molar-refractivity contribution in [2.45, 2.75) is 37.1 Å². The molecular formula is C21H25N3O6S. The monoisotopic (exact) mass is 447 g/mol. The fraction of sp³-hybridized carbons (Fsp3) is 0.381. The van der Waals surface area contributed by atoms with Gasteiger partial charge in [-0.25, -0.2) is 13.2 Å². The predicted molar refractivity (Wildman–Crippen MR) is 114 cm³/mol. The highest BCUT2D eigenvalue weighted by Crippen LogP contribution is 2.22. The third kappa shape index (κ3) is 5.59. The van der Waals surface area contributed by atoms with Gasteiger partial charge in [0.2, 0.25) is 15.9 Å². The molecule has 0 unspecified atom stereocenters. The van der Waals surface area contributed by atoms with Crippen LogP contribution in [0.25, 0.3) is 0 Å². The molecule has 1 N–H and O–H groups in total. The van der Waals surface area contributed by atoms with Gasteiger partial charge in [0.05, 0.1) is 17.6 Å². The van der Waals surface area contributed by atoms with E-state index in [2.05, 4.69) is 10.1 Å². The normalized spacial score (nSPS) is 15.1. The highest BCUT2D eigenvalue weighted by Gasteiger charge is 2.25. The minimum Gasteiger partial charge on any atom is -0.465 e. The molecule has 0 radical (unpaired) electrons. The Bertz CT molecular complexity index is 1120. The van der Waals surface area contributed by atoms with Gasteiger partial charge in [0.15, 0.2) is 0 Å². The summed E-state index contributed by atoms with van der Waals surface area (Å²) in [5.74, 6) is -1.16.